The van der Waals surface area contributed by atoms with Crippen molar-refractivity contribution in [3.05, 3.63) is 35.5 Å². The predicted molar refractivity (Wildman–Crippen MR) is 76.5 cm³/mol. The van der Waals surface area contributed by atoms with Crippen molar-refractivity contribution >= 4 is 5.82 Å². The Morgan fingerprint density at radius 3 is 2.67 bits per heavy atom. The maximum absolute atomic E-state index is 6.03. The number of hydrogen-bond donors (Lipinski definition) is 2. The van der Waals surface area contributed by atoms with Gasteiger partial charge in [-0.3, -0.25) is 5.10 Å². The van der Waals surface area contributed by atoms with E-state index in [-0.39, 0.29) is 5.41 Å². The Labute approximate surface area is 108 Å². The lowest BCUT2D eigenvalue weighted by atomic mass is 9.82. The molecule has 18 heavy (non-hydrogen) atoms. The number of nitrogens with zero attached hydrogens (tertiary/aromatic N) is 1. The van der Waals surface area contributed by atoms with Crippen molar-refractivity contribution in [3.63, 3.8) is 0 Å². The number of nitrogen functional groups attached to an aromatic ring is 1. The van der Waals surface area contributed by atoms with Crippen LogP contribution in [0.5, 0.6) is 0 Å². The molecule has 1 heterocycles. The fourth-order valence-corrected chi connectivity index (χ4v) is 2.12. The first-order valence-corrected chi connectivity index (χ1v) is 6.37. The second kappa shape index (κ2) is 4.48. The molecule has 3 nitrogen and oxygen atoms in total. The van der Waals surface area contributed by atoms with Gasteiger partial charge in [-0.25, -0.2) is 0 Å². The van der Waals surface area contributed by atoms with Crippen molar-refractivity contribution in [1.29, 1.82) is 0 Å². The third kappa shape index (κ3) is 2.13. The number of aromatic amines is 1. The van der Waals surface area contributed by atoms with Crippen molar-refractivity contribution < 1.29 is 0 Å². The molecule has 2 rings (SSSR count). The quantitative estimate of drug-likeness (QED) is 0.864. The summed E-state index contributed by atoms with van der Waals surface area (Å²) in [6, 6.07) is 8.38. The van der Waals surface area contributed by atoms with E-state index < -0.39 is 0 Å². The Kier molecular flexibility index (Phi) is 3.16. The molecule has 0 aliphatic heterocycles. The lowest BCUT2D eigenvalue weighted by Gasteiger charge is -2.22. The van der Waals surface area contributed by atoms with Gasteiger partial charge in [0.1, 0.15) is 0 Å². The molecule has 0 spiro atoms. The molecule has 0 aliphatic carbocycles. The molecule has 0 bridgehead atoms. The van der Waals surface area contributed by atoms with Crippen molar-refractivity contribution in [2.75, 3.05) is 5.73 Å². The molecular weight excluding hydrogens is 222 g/mol. The lowest BCUT2D eigenvalue weighted by Crippen LogP contribution is -2.17. The second-order valence-corrected chi connectivity index (χ2v) is 5.47. The minimum Gasteiger partial charge on any atom is -0.382 e. The zero-order valence-corrected chi connectivity index (χ0v) is 11.5. The Morgan fingerprint density at radius 1 is 1.33 bits per heavy atom. The molecule has 2 aromatic rings. The van der Waals surface area contributed by atoms with Crippen LogP contribution in [0.15, 0.2) is 24.3 Å². The van der Waals surface area contributed by atoms with Crippen LogP contribution in [0.3, 0.4) is 0 Å². The number of nitrogens with one attached hydrogen (secondary N) is 1. The SMILES string of the molecule is CCC(C)(C)c1[nH]nc(N)c1-c1cccc(C)c1. The lowest BCUT2D eigenvalue weighted by molar-refractivity contribution is 0.490. The van der Waals surface area contributed by atoms with E-state index in [4.69, 9.17) is 5.73 Å². The van der Waals surface area contributed by atoms with E-state index in [0.29, 0.717) is 5.82 Å². The van der Waals surface area contributed by atoms with Gasteiger partial charge >= 0.3 is 0 Å². The summed E-state index contributed by atoms with van der Waals surface area (Å²) >= 11 is 0. The highest BCUT2D eigenvalue weighted by atomic mass is 15.2. The minimum atomic E-state index is 0.0453. The highest BCUT2D eigenvalue weighted by molar-refractivity contribution is 5.77. The number of H-pyrrole nitrogens is 1. The summed E-state index contributed by atoms with van der Waals surface area (Å²) in [6.45, 7) is 8.68. The third-order valence-corrected chi connectivity index (χ3v) is 3.66. The summed E-state index contributed by atoms with van der Waals surface area (Å²) in [5, 5.41) is 7.30. The van der Waals surface area contributed by atoms with Crippen molar-refractivity contribution in [2.24, 2.45) is 0 Å². The topological polar surface area (TPSA) is 54.7 Å². The Hall–Kier alpha value is -1.77. The summed E-state index contributed by atoms with van der Waals surface area (Å²) in [7, 11) is 0. The first-order valence-electron chi connectivity index (χ1n) is 6.37. The van der Waals surface area contributed by atoms with Gasteiger partial charge in [0.05, 0.1) is 5.69 Å². The highest BCUT2D eigenvalue weighted by Gasteiger charge is 2.26. The fraction of sp³-hybridized carbons (Fsp3) is 0.400. The second-order valence-electron chi connectivity index (χ2n) is 5.47. The van der Waals surface area contributed by atoms with Gasteiger partial charge in [0.2, 0.25) is 0 Å². The van der Waals surface area contributed by atoms with Gasteiger partial charge < -0.3 is 5.73 Å². The van der Waals surface area contributed by atoms with Crippen LogP contribution in [0, 0.1) is 6.92 Å². The van der Waals surface area contributed by atoms with Crippen LogP contribution in [0.25, 0.3) is 11.1 Å². The Balaban J connectivity index is 2.61. The summed E-state index contributed by atoms with van der Waals surface area (Å²) in [5.41, 5.74) is 10.6. The molecule has 0 amide bonds. The van der Waals surface area contributed by atoms with Gasteiger partial charge in [-0.05, 0) is 18.9 Å². The summed E-state index contributed by atoms with van der Waals surface area (Å²) in [4.78, 5) is 0. The number of nitrogens with two attached hydrogens (primary N) is 1. The molecule has 0 saturated carbocycles. The molecular formula is C15H21N3. The molecule has 1 aromatic heterocycles. The standard InChI is InChI=1S/C15H21N3/c1-5-15(3,4)13-12(14(16)18-17-13)11-8-6-7-10(2)9-11/h6-9H,5H2,1-4H3,(H3,16,17,18). The van der Waals surface area contributed by atoms with Crippen LogP contribution in [-0.2, 0) is 5.41 Å². The minimum absolute atomic E-state index is 0.0453. The Morgan fingerprint density at radius 2 is 2.06 bits per heavy atom. The number of aromatic nitrogens is 2. The van der Waals surface area contributed by atoms with E-state index in [2.05, 4.69) is 62.2 Å². The molecule has 0 unspecified atom stereocenters. The van der Waals surface area contributed by atoms with Crippen molar-refractivity contribution in [2.45, 2.75) is 39.5 Å². The monoisotopic (exact) mass is 243 g/mol. The molecule has 0 aliphatic rings. The van der Waals surface area contributed by atoms with Crippen molar-refractivity contribution in [1.82, 2.24) is 10.2 Å². The molecule has 0 fully saturated rings. The van der Waals surface area contributed by atoms with Crippen LogP contribution in [-0.4, -0.2) is 10.2 Å². The largest absolute Gasteiger partial charge is 0.382 e. The van der Waals surface area contributed by atoms with Crippen LogP contribution in [0.2, 0.25) is 0 Å². The normalized spacial score (nSPS) is 11.8. The number of rotatable bonds is 3. The number of aryl methyl sites for hydroxylation is 1. The van der Waals surface area contributed by atoms with E-state index >= 15 is 0 Å². The zero-order chi connectivity index (χ0) is 13.3. The van der Waals surface area contributed by atoms with Gasteiger partial charge in [-0.15, -0.1) is 0 Å². The number of benzene rings is 1. The van der Waals surface area contributed by atoms with Crippen LogP contribution in [0.4, 0.5) is 5.82 Å². The Bertz CT molecular complexity index is 553. The molecule has 0 saturated heterocycles. The van der Waals surface area contributed by atoms with Gasteiger partial charge in [0.25, 0.3) is 0 Å². The third-order valence-electron chi connectivity index (χ3n) is 3.66. The molecule has 0 atom stereocenters. The van der Waals surface area contributed by atoms with Crippen molar-refractivity contribution in [3.8, 4) is 11.1 Å². The summed E-state index contributed by atoms with van der Waals surface area (Å²) in [6.07, 6.45) is 1.04. The molecule has 3 N–H and O–H groups in total. The highest BCUT2D eigenvalue weighted by Crippen LogP contribution is 2.37. The average Bonchev–Trinajstić information content (AvgIpc) is 2.72. The van der Waals surface area contributed by atoms with Gasteiger partial charge in [-0.2, -0.15) is 5.10 Å². The maximum Gasteiger partial charge on any atom is 0.153 e. The van der Waals surface area contributed by atoms with Crippen LogP contribution in [0.1, 0.15) is 38.4 Å². The average molecular weight is 243 g/mol. The van der Waals surface area contributed by atoms with E-state index in [0.717, 1.165) is 23.2 Å². The van der Waals surface area contributed by atoms with Gasteiger partial charge in [0.15, 0.2) is 5.82 Å². The van der Waals surface area contributed by atoms with Crippen LogP contribution >= 0.6 is 0 Å². The molecule has 96 valence electrons. The maximum atomic E-state index is 6.03. The summed E-state index contributed by atoms with van der Waals surface area (Å²) < 4.78 is 0. The van der Waals surface area contributed by atoms with E-state index in [1.54, 1.807) is 0 Å². The van der Waals surface area contributed by atoms with E-state index in [9.17, 15) is 0 Å². The predicted octanol–water partition coefficient (Wildman–Crippen LogP) is 3.65. The van der Waals surface area contributed by atoms with E-state index in [1.165, 1.54) is 5.56 Å². The first kappa shape index (κ1) is 12.7. The fourth-order valence-electron chi connectivity index (χ4n) is 2.12. The molecule has 0 radical (unpaired) electrons. The molecule has 3 heteroatoms. The number of hydrogen-bond acceptors (Lipinski definition) is 2. The first-order chi connectivity index (χ1) is 8.45. The number of anilines is 1. The van der Waals surface area contributed by atoms with E-state index in [1.807, 2.05) is 0 Å². The molecule has 1 aromatic carbocycles. The summed E-state index contributed by atoms with van der Waals surface area (Å²) in [5.74, 6) is 0.581. The van der Waals surface area contributed by atoms with Gasteiger partial charge in [-0.1, -0.05) is 50.6 Å². The van der Waals surface area contributed by atoms with Crippen LogP contribution < -0.4 is 5.73 Å². The zero-order valence-electron chi connectivity index (χ0n) is 11.5. The van der Waals surface area contributed by atoms with Gasteiger partial charge in [0, 0.05) is 11.0 Å². The smallest absolute Gasteiger partial charge is 0.153 e.